The molecule has 0 radical (unpaired) electrons. The average Bonchev–Trinajstić information content (AvgIpc) is 2.25. The highest BCUT2D eigenvalue weighted by Crippen LogP contribution is 2.19. The molecule has 0 aromatic carbocycles. The topological polar surface area (TPSA) is 3.24 Å². The minimum absolute atomic E-state index is 0.941. The second-order valence-electron chi connectivity index (χ2n) is 3.99. The second kappa shape index (κ2) is 8.00. The van der Waals surface area contributed by atoms with Gasteiger partial charge in [-0.05, 0) is 56.3 Å². The molecule has 1 rings (SSSR count). The van der Waals surface area contributed by atoms with Crippen molar-refractivity contribution < 1.29 is 0 Å². The zero-order chi connectivity index (χ0) is 10.2. The summed E-state index contributed by atoms with van der Waals surface area (Å²) >= 11 is 5.65. The molecule has 0 spiro atoms. The molecule has 1 nitrogen and oxygen atoms in total. The molecule has 3 heteroatoms. The normalized spacial score (nSPS) is 20.1. The summed E-state index contributed by atoms with van der Waals surface area (Å²) in [6, 6.07) is 0. The number of hydrogen-bond donors (Lipinski definition) is 0. The molecule has 0 aliphatic carbocycles. The van der Waals surface area contributed by atoms with Gasteiger partial charge in [0.25, 0.3) is 0 Å². The van der Waals surface area contributed by atoms with E-state index < -0.39 is 0 Å². The molecule has 0 amide bonds. The summed E-state index contributed by atoms with van der Waals surface area (Å²) in [5, 5.41) is 1.20. The third-order valence-electron chi connectivity index (χ3n) is 2.89. The van der Waals surface area contributed by atoms with Gasteiger partial charge in [-0.2, -0.15) is 11.8 Å². The molecule has 1 saturated heterocycles. The van der Waals surface area contributed by atoms with Crippen LogP contribution in [0, 0.1) is 5.92 Å². The van der Waals surface area contributed by atoms with Gasteiger partial charge in [0.1, 0.15) is 0 Å². The fourth-order valence-corrected chi connectivity index (χ4v) is 3.17. The Labute approximate surface area is 101 Å². The van der Waals surface area contributed by atoms with Crippen molar-refractivity contribution in [2.24, 2.45) is 5.92 Å². The van der Waals surface area contributed by atoms with E-state index in [9.17, 15) is 0 Å². The first kappa shape index (κ1) is 12.9. The van der Waals surface area contributed by atoms with E-state index in [-0.39, 0.29) is 0 Å². The molecule has 0 aromatic heterocycles. The third-order valence-corrected chi connectivity index (χ3v) is 4.79. The molecule has 1 aliphatic rings. The standard InChI is InChI=1S/C11H22BrNS/c1-2-14-9-3-6-13-7-4-11(10-12)5-8-13/h11H,2-10H2,1H3. The number of piperidine rings is 1. The van der Waals surface area contributed by atoms with Gasteiger partial charge in [0.15, 0.2) is 0 Å². The lowest BCUT2D eigenvalue weighted by molar-refractivity contribution is 0.196. The number of halogens is 1. The van der Waals surface area contributed by atoms with Gasteiger partial charge in [-0.25, -0.2) is 0 Å². The Hall–Kier alpha value is 0.790. The van der Waals surface area contributed by atoms with Crippen molar-refractivity contribution in [3.05, 3.63) is 0 Å². The monoisotopic (exact) mass is 279 g/mol. The minimum atomic E-state index is 0.941. The molecule has 84 valence electrons. The zero-order valence-corrected chi connectivity index (χ0v) is 11.6. The van der Waals surface area contributed by atoms with Crippen LogP contribution in [0.4, 0.5) is 0 Å². The van der Waals surface area contributed by atoms with Gasteiger partial charge in [0, 0.05) is 5.33 Å². The molecule has 0 bridgehead atoms. The van der Waals surface area contributed by atoms with Gasteiger partial charge in [-0.15, -0.1) is 0 Å². The first-order valence-corrected chi connectivity index (χ1v) is 8.00. The van der Waals surface area contributed by atoms with Crippen molar-refractivity contribution in [1.29, 1.82) is 0 Å². The van der Waals surface area contributed by atoms with Crippen molar-refractivity contribution in [2.45, 2.75) is 26.2 Å². The first-order chi connectivity index (χ1) is 6.86. The summed E-state index contributed by atoms with van der Waals surface area (Å²) < 4.78 is 0. The second-order valence-corrected chi connectivity index (χ2v) is 6.03. The number of thioether (sulfide) groups is 1. The van der Waals surface area contributed by atoms with Crippen LogP contribution in [0.3, 0.4) is 0 Å². The van der Waals surface area contributed by atoms with Crippen molar-refractivity contribution in [1.82, 2.24) is 4.90 Å². The van der Waals surface area contributed by atoms with E-state index in [1.54, 1.807) is 0 Å². The molecular weight excluding hydrogens is 258 g/mol. The fourth-order valence-electron chi connectivity index (χ4n) is 1.90. The van der Waals surface area contributed by atoms with Gasteiger partial charge >= 0.3 is 0 Å². The molecule has 1 aliphatic heterocycles. The maximum absolute atomic E-state index is 3.58. The van der Waals surface area contributed by atoms with Gasteiger partial charge in [0.05, 0.1) is 0 Å². The number of rotatable bonds is 6. The summed E-state index contributed by atoms with van der Waals surface area (Å²) in [6.07, 6.45) is 4.16. The van der Waals surface area contributed by atoms with Gasteiger partial charge in [0.2, 0.25) is 0 Å². The number of alkyl halides is 1. The van der Waals surface area contributed by atoms with E-state index in [0.29, 0.717) is 0 Å². The lowest BCUT2D eigenvalue weighted by Gasteiger charge is -2.30. The van der Waals surface area contributed by atoms with Crippen molar-refractivity contribution in [3.8, 4) is 0 Å². The largest absolute Gasteiger partial charge is 0.303 e. The summed E-state index contributed by atoms with van der Waals surface area (Å²) in [5.74, 6) is 3.55. The summed E-state index contributed by atoms with van der Waals surface area (Å²) in [4.78, 5) is 2.63. The Morgan fingerprint density at radius 3 is 2.64 bits per heavy atom. The first-order valence-electron chi connectivity index (χ1n) is 5.73. The lowest BCUT2D eigenvalue weighted by Crippen LogP contribution is -2.35. The predicted molar refractivity (Wildman–Crippen MR) is 70.6 cm³/mol. The van der Waals surface area contributed by atoms with E-state index in [0.717, 1.165) is 5.92 Å². The lowest BCUT2D eigenvalue weighted by atomic mass is 9.99. The van der Waals surface area contributed by atoms with Crippen LogP contribution in [-0.4, -0.2) is 41.4 Å². The Bertz CT molecular complexity index is 135. The van der Waals surface area contributed by atoms with Gasteiger partial charge in [-0.1, -0.05) is 22.9 Å². The fraction of sp³-hybridized carbons (Fsp3) is 1.00. The highest BCUT2D eigenvalue weighted by Gasteiger charge is 2.17. The Kier molecular flexibility index (Phi) is 7.35. The predicted octanol–water partition coefficient (Wildman–Crippen LogP) is 3.24. The van der Waals surface area contributed by atoms with Crippen LogP contribution in [0.25, 0.3) is 0 Å². The average molecular weight is 280 g/mol. The molecule has 14 heavy (non-hydrogen) atoms. The molecule has 0 N–H and O–H groups in total. The van der Waals surface area contributed by atoms with E-state index >= 15 is 0 Å². The molecular formula is C11H22BrNS. The Morgan fingerprint density at radius 1 is 1.36 bits per heavy atom. The van der Waals surface area contributed by atoms with E-state index in [1.165, 1.54) is 55.7 Å². The number of nitrogens with zero attached hydrogens (tertiary/aromatic N) is 1. The smallest absolute Gasteiger partial charge is 0.00606 e. The van der Waals surface area contributed by atoms with Crippen LogP contribution in [0.2, 0.25) is 0 Å². The highest BCUT2D eigenvalue weighted by molar-refractivity contribution is 9.09. The Morgan fingerprint density at radius 2 is 2.07 bits per heavy atom. The maximum atomic E-state index is 3.58. The maximum Gasteiger partial charge on any atom is 0.00606 e. The van der Waals surface area contributed by atoms with Crippen molar-refractivity contribution in [3.63, 3.8) is 0 Å². The highest BCUT2D eigenvalue weighted by atomic mass is 79.9. The number of hydrogen-bond acceptors (Lipinski definition) is 2. The SMILES string of the molecule is CCSCCCN1CCC(CBr)CC1. The minimum Gasteiger partial charge on any atom is -0.303 e. The summed E-state index contributed by atoms with van der Waals surface area (Å²) in [6.45, 7) is 6.22. The molecule has 0 atom stereocenters. The van der Waals surface area contributed by atoms with Crippen molar-refractivity contribution in [2.75, 3.05) is 36.5 Å². The van der Waals surface area contributed by atoms with E-state index in [4.69, 9.17) is 0 Å². The molecule has 0 unspecified atom stereocenters. The Balaban J connectivity index is 1.98. The van der Waals surface area contributed by atoms with Crippen LogP contribution < -0.4 is 0 Å². The zero-order valence-electron chi connectivity index (χ0n) is 9.17. The van der Waals surface area contributed by atoms with Crippen molar-refractivity contribution >= 4 is 27.7 Å². The molecule has 1 heterocycles. The van der Waals surface area contributed by atoms with Gasteiger partial charge < -0.3 is 4.90 Å². The molecule has 0 aromatic rings. The van der Waals surface area contributed by atoms with E-state index in [2.05, 4.69) is 39.5 Å². The van der Waals surface area contributed by atoms with E-state index in [1.807, 2.05) is 0 Å². The van der Waals surface area contributed by atoms with Crippen LogP contribution in [0.1, 0.15) is 26.2 Å². The summed E-state index contributed by atoms with van der Waals surface area (Å²) in [5.41, 5.74) is 0. The molecule has 1 fully saturated rings. The number of likely N-dealkylation sites (tertiary alicyclic amines) is 1. The quantitative estimate of drug-likeness (QED) is 0.543. The van der Waals surface area contributed by atoms with Crippen LogP contribution >= 0.6 is 27.7 Å². The van der Waals surface area contributed by atoms with Crippen LogP contribution in [0.15, 0.2) is 0 Å². The third kappa shape index (κ3) is 5.04. The summed E-state index contributed by atoms with van der Waals surface area (Å²) in [7, 11) is 0. The van der Waals surface area contributed by atoms with Crippen LogP contribution in [-0.2, 0) is 0 Å². The van der Waals surface area contributed by atoms with Crippen LogP contribution in [0.5, 0.6) is 0 Å². The van der Waals surface area contributed by atoms with Gasteiger partial charge in [-0.3, -0.25) is 0 Å². The molecule has 0 saturated carbocycles.